The molecule has 1 atom stereocenters. The Morgan fingerprint density at radius 1 is 1.21 bits per heavy atom. The second kappa shape index (κ2) is 8.39. The van der Waals surface area contributed by atoms with Crippen molar-refractivity contribution in [2.75, 3.05) is 0 Å². The van der Waals surface area contributed by atoms with Gasteiger partial charge >= 0.3 is 6.18 Å². The Morgan fingerprint density at radius 3 is 2.53 bits per heavy atom. The molecule has 4 rings (SSSR count). The zero-order valence-corrected chi connectivity index (χ0v) is 18.8. The van der Waals surface area contributed by atoms with Crippen LogP contribution in [0.4, 0.5) is 17.6 Å². The molecular formula is C23H19F4N3O3S. The first-order valence-corrected chi connectivity index (χ1v) is 11.7. The molecule has 2 aromatic heterocycles. The predicted octanol–water partition coefficient (Wildman–Crippen LogP) is 5.20. The average Bonchev–Trinajstić information content (AvgIpc) is 3.18. The average molecular weight is 493 g/mol. The third-order valence-corrected chi connectivity index (χ3v) is 6.92. The van der Waals surface area contributed by atoms with Crippen LogP contribution in [0.2, 0.25) is 0 Å². The Morgan fingerprint density at radius 2 is 1.88 bits per heavy atom. The first kappa shape index (κ1) is 23.7. The van der Waals surface area contributed by atoms with Crippen LogP contribution in [0.3, 0.4) is 0 Å². The van der Waals surface area contributed by atoms with Gasteiger partial charge in [0.05, 0.1) is 16.2 Å². The minimum Gasteiger partial charge on any atom is -0.345 e. The molecule has 3 aromatic rings. The molecule has 1 aromatic carbocycles. The van der Waals surface area contributed by atoms with Crippen molar-refractivity contribution in [2.45, 2.75) is 31.3 Å². The number of pyridine rings is 1. The molecule has 0 aliphatic heterocycles. The summed E-state index contributed by atoms with van der Waals surface area (Å²) in [6.45, 7) is 3.44. The molecule has 34 heavy (non-hydrogen) atoms. The number of carbonyl (C=O) groups excluding carboxylic acids is 1. The minimum absolute atomic E-state index is 0.180. The van der Waals surface area contributed by atoms with E-state index in [1.165, 1.54) is 12.3 Å². The number of aromatic amines is 1. The van der Waals surface area contributed by atoms with Crippen molar-refractivity contribution in [1.82, 2.24) is 14.7 Å². The zero-order valence-electron chi connectivity index (χ0n) is 18.0. The van der Waals surface area contributed by atoms with E-state index in [9.17, 15) is 26.4 Å². The molecule has 0 spiro atoms. The van der Waals surface area contributed by atoms with Crippen molar-refractivity contribution in [3.8, 4) is 0 Å². The largest absolute Gasteiger partial charge is 0.416 e. The maximum atomic E-state index is 15.4. The summed E-state index contributed by atoms with van der Waals surface area (Å²) < 4.78 is 81.2. The van der Waals surface area contributed by atoms with Crippen LogP contribution in [0.1, 0.15) is 34.8 Å². The molecule has 0 radical (unpaired) electrons. The summed E-state index contributed by atoms with van der Waals surface area (Å²) in [7, 11) is -4.40. The third-order valence-electron chi connectivity index (χ3n) is 5.53. The molecule has 0 bridgehead atoms. The van der Waals surface area contributed by atoms with Crippen LogP contribution in [0, 0.1) is 12.8 Å². The number of benzene rings is 1. The third kappa shape index (κ3) is 4.35. The van der Waals surface area contributed by atoms with Crippen LogP contribution in [0.15, 0.2) is 70.8 Å². The van der Waals surface area contributed by atoms with Gasteiger partial charge in [0, 0.05) is 28.9 Å². The summed E-state index contributed by atoms with van der Waals surface area (Å²) in [6, 6.07) is 4.56. The quantitative estimate of drug-likeness (QED) is 0.378. The molecular weight excluding hydrogens is 474 g/mol. The number of fused-ring (bicyclic) bond motifs is 1. The van der Waals surface area contributed by atoms with Crippen LogP contribution in [-0.2, 0) is 16.2 Å². The molecule has 0 amide bonds. The maximum absolute atomic E-state index is 15.4. The first-order valence-electron chi connectivity index (χ1n) is 10.2. The Hall–Kier alpha value is -3.47. The van der Waals surface area contributed by atoms with Gasteiger partial charge in [-0.25, -0.2) is 17.8 Å². The monoisotopic (exact) mass is 493 g/mol. The zero-order chi connectivity index (χ0) is 24.8. The van der Waals surface area contributed by atoms with Crippen LogP contribution in [0.25, 0.3) is 11.0 Å². The highest BCUT2D eigenvalue weighted by atomic mass is 32.2. The molecule has 0 saturated carbocycles. The number of rotatable bonds is 5. The highest BCUT2D eigenvalue weighted by Gasteiger charge is 2.33. The number of nitrogens with one attached hydrogen (secondary N) is 2. The van der Waals surface area contributed by atoms with Crippen LogP contribution < -0.4 is 4.72 Å². The van der Waals surface area contributed by atoms with Gasteiger partial charge in [0.2, 0.25) is 0 Å². The van der Waals surface area contributed by atoms with Gasteiger partial charge in [-0.15, -0.1) is 0 Å². The van der Waals surface area contributed by atoms with Gasteiger partial charge in [0.25, 0.3) is 10.0 Å². The van der Waals surface area contributed by atoms with Crippen molar-refractivity contribution < 1.29 is 30.8 Å². The Bertz CT molecular complexity index is 1450. The van der Waals surface area contributed by atoms with E-state index in [4.69, 9.17) is 0 Å². The molecule has 2 heterocycles. The fourth-order valence-electron chi connectivity index (χ4n) is 3.74. The van der Waals surface area contributed by atoms with E-state index < -0.39 is 49.9 Å². The molecule has 2 N–H and O–H groups in total. The standard InChI is InChI=1S/C23H19F4N3O3S/c1-12-9-16-17(11-29-22(16)28-10-12)21(31)19-13(2)3-8-18(20(19)24)30-34(32,33)15-6-4-14(5-7-15)23(25,26)27/h4-11,13,30H,3H2,1-2H3,(H,28,29). The van der Waals surface area contributed by atoms with Crippen LogP contribution in [0.5, 0.6) is 0 Å². The van der Waals surface area contributed by atoms with E-state index in [0.717, 1.165) is 17.7 Å². The normalized spacial score (nSPS) is 17.1. The molecule has 1 aliphatic rings. The first-order chi connectivity index (χ1) is 15.9. The van der Waals surface area contributed by atoms with Crippen LogP contribution >= 0.6 is 0 Å². The summed E-state index contributed by atoms with van der Waals surface area (Å²) in [4.78, 5) is 19.9. The number of hydrogen-bond donors (Lipinski definition) is 2. The number of nitrogens with zero attached hydrogens (tertiary/aromatic N) is 1. The lowest BCUT2D eigenvalue weighted by atomic mass is 9.86. The molecule has 1 aliphatic carbocycles. The highest BCUT2D eigenvalue weighted by molar-refractivity contribution is 7.89. The molecule has 11 heteroatoms. The van der Waals surface area contributed by atoms with E-state index in [1.807, 2.05) is 0 Å². The van der Waals surface area contributed by atoms with Gasteiger partial charge < -0.3 is 4.98 Å². The topological polar surface area (TPSA) is 91.9 Å². The Labute approximate surface area is 192 Å². The van der Waals surface area contributed by atoms with Gasteiger partial charge in [-0.3, -0.25) is 9.52 Å². The summed E-state index contributed by atoms with van der Waals surface area (Å²) in [5, 5.41) is 0.513. The fourth-order valence-corrected chi connectivity index (χ4v) is 4.82. The number of hydrogen-bond acceptors (Lipinski definition) is 4. The summed E-state index contributed by atoms with van der Waals surface area (Å²) >= 11 is 0. The van der Waals surface area contributed by atoms with Crippen molar-refractivity contribution in [1.29, 1.82) is 0 Å². The Kier molecular flexibility index (Phi) is 5.84. The number of Topliss-reactive ketones (excluding diaryl/α,β-unsaturated/α-hetero) is 1. The summed E-state index contributed by atoms with van der Waals surface area (Å²) in [6.07, 6.45) is -0.0967. The van der Waals surface area contributed by atoms with Gasteiger partial charge in [-0.05, 0) is 55.2 Å². The van der Waals surface area contributed by atoms with E-state index in [2.05, 4.69) is 14.7 Å². The van der Waals surface area contributed by atoms with E-state index >= 15 is 4.39 Å². The lowest BCUT2D eigenvalue weighted by molar-refractivity contribution is -0.137. The summed E-state index contributed by atoms with van der Waals surface area (Å²) in [5.74, 6) is -2.17. The van der Waals surface area contributed by atoms with Crippen molar-refractivity contribution in [3.05, 3.63) is 82.6 Å². The molecule has 0 saturated heterocycles. The smallest absolute Gasteiger partial charge is 0.345 e. The molecule has 1 unspecified atom stereocenters. The summed E-state index contributed by atoms with van der Waals surface area (Å²) in [5.41, 5.74) is -0.186. The SMILES string of the molecule is Cc1cnc2[nH]cc(C(=O)C3=C(F)C(NS(=O)(=O)c4ccc(C(F)(F)F)cc4)=CCC3C)c2c1. The maximum Gasteiger partial charge on any atom is 0.416 e. The molecule has 0 fully saturated rings. The second-order valence-electron chi connectivity index (χ2n) is 8.05. The fraction of sp³-hybridized carbons (Fsp3) is 0.217. The number of allylic oxidation sites excluding steroid dienone is 3. The molecule has 178 valence electrons. The lowest BCUT2D eigenvalue weighted by Crippen LogP contribution is -2.27. The second-order valence-corrected chi connectivity index (χ2v) is 9.73. The predicted molar refractivity (Wildman–Crippen MR) is 117 cm³/mol. The minimum atomic E-state index is -4.63. The van der Waals surface area contributed by atoms with Gasteiger partial charge in [-0.2, -0.15) is 13.2 Å². The Balaban J connectivity index is 1.66. The lowest BCUT2D eigenvalue weighted by Gasteiger charge is -2.22. The number of aromatic nitrogens is 2. The number of ketones is 1. The molecule has 6 nitrogen and oxygen atoms in total. The van der Waals surface area contributed by atoms with Crippen molar-refractivity contribution in [3.63, 3.8) is 0 Å². The van der Waals surface area contributed by atoms with Gasteiger partial charge in [0.15, 0.2) is 11.6 Å². The van der Waals surface area contributed by atoms with Crippen molar-refractivity contribution >= 4 is 26.8 Å². The van der Waals surface area contributed by atoms with E-state index in [0.29, 0.717) is 23.2 Å². The number of H-pyrrole nitrogens is 1. The number of aryl methyl sites for hydroxylation is 1. The number of halogens is 4. The van der Waals surface area contributed by atoms with Gasteiger partial charge in [0.1, 0.15) is 5.65 Å². The van der Waals surface area contributed by atoms with E-state index in [1.54, 1.807) is 26.1 Å². The number of sulfonamides is 1. The van der Waals surface area contributed by atoms with E-state index in [-0.39, 0.29) is 17.6 Å². The van der Waals surface area contributed by atoms with Crippen molar-refractivity contribution in [2.24, 2.45) is 5.92 Å². The number of alkyl halides is 3. The van der Waals surface area contributed by atoms with Crippen LogP contribution in [-0.4, -0.2) is 24.2 Å². The number of carbonyl (C=O) groups is 1. The van der Waals surface area contributed by atoms with Gasteiger partial charge in [-0.1, -0.05) is 13.0 Å². The highest BCUT2D eigenvalue weighted by Crippen LogP contribution is 2.35.